The maximum atomic E-state index is 9.60. The lowest BCUT2D eigenvalue weighted by atomic mass is 10.1. The second-order valence-corrected chi connectivity index (χ2v) is 4.50. The van der Waals surface area contributed by atoms with Crippen molar-refractivity contribution in [3.63, 3.8) is 0 Å². The molecule has 0 radical (unpaired) electrons. The molecule has 4 nitrogen and oxygen atoms in total. The summed E-state index contributed by atoms with van der Waals surface area (Å²) in [6.07, 6.45) is -0.910. The molecule has 0 aliphatic carbocycles. The first-order valence-electron chi connectivity index (χ1n) is 5.91. The van der Waals surface area contributed by atoms with Crippen LogP contribution in [0.3, 0.4) is 0 Å². The van der Waals surface area contributed by atoms with Crippen molar-refractivity contribution >= 4 is 0 Å². The van der Waals surface area contributed by atoms with E-state index < -0.39 is 6.10 Å². The van der Waals surface area contributed by atoms with Crippen molar-refractivity contribution < 1.29 is 19.3 Å². The molecule has 2 fully saturated rings. The van der Waals surface area contributed by atoms with Crippen LogP contribution in [0.2, 0.25) is 0 Å². The second-order valence-electron chi connectivity index (χ2n) is 4.50. The standard InChI is InChI=1S/C13H16O4/c14-10-7-16-13-11(8-17-12(10)13)15-6-9-4-2-1-3-5-9/h1-5,10-14H,6-8H2. The third-order valence-corrected chi connectivity index (χ3v) is 3.29. The van der Waals surface area contributed by atoms with Crippen molar-refractivity contribution in [2.24, 2.45) is 0 Å². The first kappa shape index (κ1) is 11.2. The van der Waals surface area contributed by atoms with E-state index in [0.29, 0.717) is 19.8 Å². The smallest absolute Gasteiger partial charge is 0.115 e. The van der Waals surface area contributed by atoms with E-state index in [0.717, 1.165) is 5.56 Å². The summed E-state index contributed by atoms with van der Waals surface area (Å²) in [6, 6.07) is 10.0. The third-order valence-electron chi connectivity index (χ3n) is 3.29. The summed E-state index contributed by atoms with van der Waals surface area (Å²) >= 11 is 0. The Morgan fingerprint density at radius 1 is 1.12 bits per heavy atom. The summed E-state index contributed by atoms with van der Waals surface area (Å²) in [7, 11) is 0. The van der Waals surface area contributed by atoms with Gasteiger partial charge in [-0.3, -0.25) is 0 Å². The molecule has 2 saturated heterocycles. The van der Waals surface area contributed by atoms with Crippen LogP contribution in [0.15, 0.2) is 30.3 Å². The van der Waals surface area contributed by atoms with Crippen LogP contribution >= 0.6 is 0 Å². The zero-order valence-corrected chi connectivity index (χ0v) is 9.49. The van der Waals surface area contributed by atoms with E-state index in [4.69, 9.17) is 14.2 Å². The lowest BCUT2D eigenvalue weighted by Crippen LogP contribution is -2.32. The minimum absolute atomic E-state index is 0.0719. The highest BCUT2D eigenvalue weighted by atomic mass is 16.6. The van der Waals surface area contributed by atoms with Gasteiger partial charge in [0.25, 0.3) is 0 Å². The average Bonchev–Trinajstić information content (AvgIpc) is 2.92. The Labute approximate surface area is 100 Å². The summed E-state index contributed by atoms with van der Waals surface area (Å²) < 4.78 is 16.8. The van der Waals surface area contributed by atoms with Gasteiger partial charge in [0.1, 0.15) is 24.4 Å². The number of ether oxygens (including phenoxy) is 3. The lowest BCUT2D eigenvalue weighted by molar-refractivity contribution is -0.0439. The highest BCUT2D eigenvalue weighted by molar-refractivity contribution is 5.13. The van der Waals surface area contributed by atoms with E-state index in [1.165, 1.54) is 0 Å². The topological polar surface area (TPSA) is 47.9 Å². The second kappa shape index (κ2) is 4.74. The first-order chi connectivity index (χ1) is 8.34. The molecule has 4 unspecified atom stereocenters. The van der Waals surface area contributed by atoms with Crippen LogP contribution < -0.4 is 0 Å². The van der Waals surface area contributed by atoms with E-state index in [2.05, 4.69) is 0 Å². The Morgan fingerprint density at radius 3 is 2.71 bits per heavy atom. The Balaban J connectivity index is 1.57. The van der Waals surface area contributed by atoms with Gasteiger partial charge < -0.3 is 19.3 Å². The maximum Gasteiger partial charge on any atom is 0.115 e. The van der Waals surface area contributed by atoms with Crippen LogP contribution in [0.25, 0.3) is 0 Å². The Morgan fingerprint density at radius 2 is 1.88 bits per heavy atom. The fraction of sp³-hybridized carbons (Fsp3) is 0.538. The molecule has 2 aliphatic rings. The fourth-order valence-electron chi connectivity index (χ4n) is 2.36. The highest BCUT2D eigenvalue weighted by Gasteiger charge is 2.47. The fourth-order valence-corrected chi connectivity index (χ4v) is 2.36. The minimum atomic E-state index is -0.509. The molecule has 17 heavy (non-hydrogen) atoms. The zero-order chi connectivity index (χ0) is 11.7. The van der Waals surface area contributed by atoms with Crippen molar-refractivity contribution in [1.82, 2.24) is 0 Å². The Hall–Kier alpha value is -0.940. The third kappa shape index (κ3) is 2.21. The lowest BCUT2D eigenvalue weighted by Gasteiger charge is -2.16. The largest absolute Gasteiger partial charge is 0.388 e. The SMILES string of the molecule is OC1COC2C(OCc3ccccc3)COC12. The molecule has 4 heteroatoms. The molecule has 0 saturated carbocycles. The van der Waals surface area contributed by atoms with Gasteiger partial charge in [0.15, 0.2) is 0 Å². The van der Waals surface area contributed by atoms with Gasteiger partial charge in [-0.15, -0.1) is 0 Å². The molecular formula is C13H16O4. The number of hydrogen-bond acceptors (Lipinski definition) is 4. The van der Waals surface area contributed by atoms with Crippen molar-refractivity contribution in [1.29, 1.82) is 0 Å². The van der Waals surface area contributed by atoms with Crippen molar-refractivity contribution in [2.45, 2.75) is 31.0 Å². The zero-order valence-electron chi connectivity index (χ0n) is 9.49. The summed E-state index contributed by atoms with van der Waals surface area (Å²) in [6.45, 7) is 1.40. The Kier molecular flexibility index (Phi) is 3.11. The molecule has 3 rings (SSSR count). The number of hydrogen-bond donors (Lipinski definition) is 1. The van der Waals surface area contributed by atoms with Gasteiger partial charge in [-0.1, -0.05) is 30.3 Å². The molecule has 0 amide bonds. The number of benzene rings is 1. The van der Waals surface area contributed by atoms with E-state index in [-0.39, 0.29) is 18.3 Å². The molecule has 1 aromatic rings. The highest BCUT2D eigenvalue weighted by Crippen LogP contribution is 2.29. The van der Waals surface area contributed by atoms with Gasteiger partial charge >= 0.3 is 0 Å². The van der Waals surface area contributed by atoms with Gasteiger partial charge in [-0.2, -0.15) is 0 Å². The molecule has 0 bridgehead atoms. The number of aliphatic hydroxyl groups excluding tert-OH is 1. The molecule has 1 aromatic carbocycles. The molecule has 1 N–H and O–H groups in total. The molecule has 0 spiro atoms. The van der Waals surface area contributed by atoms with Crippen molar-refractivity contribution in [2.75, 3.05) is 13.2 Å². The van der Waals surface area contributed by atoms with E-state index >= 15 is 0 Å². The van der Waals surface area contributed by atoms with Crippen LogP contribution in [0.4, 0.5) is 0 Å². The summed E-state index contributed by atoms with van der Waals surface area (Å²) in [5.74, 6) is 0. The van der Waals surface area contributed by atoms with Gasteiger partial charge in [-0.25, -0.2) is 0 Å². The maximum absolute atomic E-state index is 9.60. The molecule has 2 aliphatic heterocycles. The van der Waals surface area contributed by atoms with Gasteiger partial charge in [0, 0.05) is 0 Å². The van der Waals surface area contributed by atoms with Crippen LogP contribution in [0.1, 0.15) is 5.56 Å². The van der Waals surface area contributed by atoms with Crippen LogP contribution in [-0.2, 0) is 20.8 Å². The summed E-state index contributed by atoms with van der Waals surface area (Å²) in [4.78, 5) is 0. The van der Waals surface area contributed by atoms with Gasteiger partial charge in [0.05, 0.1) is 19.8 Å². The van der Waals surface area contributed by atoms with Crippen LogP contribution in [0.5, 0.6) is 0 Å². The quantitative estimate of drug-likeness (QED) is 0.840. The van der Waals surface area contributed by atoms with E-state index in [9.17, 15) is 5.11 Å². The monoisotopic (exact) mass is 236 g/mol. The molecule has 2 heterocycles. The summed E-state index contributed by atoms with van der Waals surface area (Å²) in [5, 5.41) is 9.60. The average molecular weight is 236 g/mol. The number of rotatable bonds is 3. The summed E-state index contributed by atoms with van der Waals surface area (Å²) in [5.41, 5.74) is 1.13. The minimum Gasteiger partial charge on any atom is -0.388 e. The molecular weight excluding hydrogens is 220 g/mol. The normalized spacial score (nSPS) is 36.1. The molecule has 92 valence electrons. The Bertz CT molecular complexity index is 367. The van der Waals surface area contributed by atoms with Gasteiger partial charge in [0.2, 0.25) is 0 Å². The van der Waals surface area contributed by atoms with Crippen molar-refractivity contribution in [3.05, 3.63) is 35.9 Å². The van der Waals surface area contributed by atoms with E-state index in [1.54, 1.807) is 0 Å². The predicted octanol–water partition coefficient (Wildman–Crippen LogP) is 0.730. The first-order valence-corrected chi connectivity index (χ1v) is 5.91. The molecule has 0 aromatic heterocycles. The van der Waals surface area contributed by atoms with E-state index in [1.807, 2.05) is 30.3 Å². The van der Waals surface area contributed by atoms with Gasteiger partial charge in [-0.05, 0) is 5.56 Å². The number of aliphatic hydroxyl groups is 1. The van der Waals surface area contributed by atoms with Crippen LogP contribution in [0, 0.1) is 0 Å². The van der Waals surface area contributed by atoms with Crippen molar-refractivity contribution in [3.8, 4) is 0 Å². The molecule has 4 atom stereocenters. The predicted molar refractivity (Wildman–Crippen MR) is 60.5 cm³/mol. The van der Waals surface area contributed by atoms with Crippen LogP contribution in [-0.4, -0.2) is 42.7 Å². The number of fused-ring (bicyclic) bond motifs is 1.